The maximum absolute atomic E-state index is 12.1. The second kappa shape index (κ2) is 6.36. The molecule has 0 spiro atoms. The number of aromatic nitrogens is 1. The van der Waals surface area contributed by atoms with Gasteiger partial charge < -0.3 is 14.6 Å². The second-order valence-electron chi connectivity index (χ2n) is 5.00. The standard InChI is InChI=1S/C14H18N2O4/c17-12-5-1-2-7-15(12)9-6-13(18)16-8-3-4-11(10-16)14(19)20/h1-2,5,7,11H,3-4,6,8-10H2,(H,19,20)/t11-/m0/s1. The number of aliphatic carboxylic acids is 1. The van der Waals surface area contributed by atoms with Crippen molar-refractivity contribution in [2.24, 2.45) is 5.92 Å². The minimum absolute atomic E-state index is 0.0910. The minimum Gasteiger partial charge on any atom is -0.481 e. The molecule has 0 radical (unpaired) electrons. The van der Waals surface area contributed by atoms with E-state index in [4.69, 9.17) is 5.11 Å². The molecule has 6 heteroatoms. The molecular weight excluding hydrogens is 260 g/mol. The van der Waals surface area contributed by atoms with Crippen molar-refractivity contribution in [3.63, 3.8) is 0 Å². The molecular formula is C14H18N2O4. The predicted octanol–water partition coefficient (Wildman–Crippen LogP) is 0.562. The number of hydrogen-bond donors (Lipinski definition) is 1. The molecule has 1 amide bonds. The number of carboxylic acid groups (broad SMARTS) is 1. The fourth-order valence-electron chi connectivity index (χ4n) is 2.42. The molecule has 20 heavy (non-hydrogen) atoms. The van der Waals surface area contributed by atoms with E-state index in [1.54, 1.807) is 23.2 Å². The van der Waals surface area contributed by atoms with Crippen LogP contribution in [0.3, 0.4) is 0 Å². The first-order valence-corrected chi connectivity index (χ1v) is 6.74. The van der Waals surface area contributed by atoms with Crippen LogP contribution in [0.1, 0.15) is 19.3 Å². The van der Waals surface area contributed by atoms with Crippen LogP contribution in [0.5, 0.6) is 0 Å². The molecule has 0 bridgehead atoms. The number of amides is 1. The quantitative estimate of drug-likeness (QED) is 0.873. The van der Waals surface area contributed by atoms with Crippen LogP contribution in [0.2, 0.25) is 0 Å². The van der Waals surface area contributed by atoms with Crippen LogP contribution < -0.4 is 5.56 Å². The third kappa shape index (κ3) is 3.46. The normalized spacial score (nSPS) is 18.8. The summed E-state index contributed by atoms with van der Waals surface area (Å²) >= 11 is 0. The summed E-state index contributed by atoms with van der Waals surface area (Å²) in [5.74, 6) is -1.40. The topological polar surface area (TPSA) is 79.6 Å². The van der Waals surface area contributed by atoms with E-state index in [-0.39, 0.29) is 24.4 Å². The summed E-state index contributed by atoms with van der Waals surface area (Å²) in [6.45, 7) is 1.21. The molecule has 0 aliphatic carbocycles. The lowest BCUT2D eigenvalue weighted by Crippen LogP contribution is -2.42. The third-order valence-corrected chi connectivity index (χ3v) is 3.59. The summed E-state index contributed by atoms with van der Waals surface area (Å²) in [4.78, 5) is 36.1. The summed E-state index contributed by atoms with van der Waals surface area (Å²) in [7, 11) is 0. The first-order valence-electron chi connectivity index (χ1n) is 6.74. The SMILES string of the molecule is O=C(O)[C@H]1CCCN(C(=O)CCn2ccccc2=O)C1. The zero-order valence-corrected chi connectivity index (χ0v) is 11.2. The van der Waals surface area contributed by atoms with Crippen LogP contribution in [0.4, 0.5) is 0 Å². The van der Waals surface area contributed by atoms with E-state index in [0.717, 1.165) is 0 Å². The number of pyridine rings is 1. The van der Waals surface area contributed by atoms with E-state index in [2.05, 4.69) is 0 Å². The van der Waals surface area contributed by atoms with E-state index in [9.17, 15) is 14.4 Å². The van der Waals surface area contributed by atoms with Crippen molar-refractivity contribution >= 4 is 11.9 Å². The first-order chi connectivity index (χ1) is 9.58. The van der Waals surface area contributed by atoms with Gasteiger partial charge in [-0.2, -0.15) is 0 Å². The van der Waals surface area contributed by atoms with E-state index in [0.29, 0.717) is 25.9 Å². The number of hydrogen-bond acceptors (Lipinski definition) is 3. The van der Waals surface area contributed by atoms with E-state index in [1.165, 1.54) is 10.6 Å². The molecule has 108 valence electrons. The molecule has 1 N–H and O–H groups in total. The van der Waals surface area contributed by atoms with Gasteiger partial charge in [-0.05, 0) is 18.9 Å². The molecule has 0 saturated carbocycles. The van der Waals surface area contributed by atoms with E-state index in [1.807, 2.05) is 0 Å². The Morgan fingerprint density at radius 3 is 2.85 bits per heavy atom. The zero-order chi connectivity index (χ0) is 14.5. The van der Waals surface area contributed by atoms with Crippen LogP contribution in [-0.4, -0.2) is 39.5 Å². The maximum atomic E-state index is 12.1. The van der Waals surface area contributed by atoms with Crippen molar-refractivity contribution in [3.8, 4) is 0 Å². The van der Waals surface area contributed by atoms with Crippen molar-refractivity contribution in [2.75, 3.05) is 13.1 Å². The van der Waals surface area contributed by atoms with Gasteiger partial charge in [0.2, 0.25) is 5.91 Å². The van der Waals surface area contributed by atoms with Crippen LogP contribution in [0.25, 0.3) is 0 Å². The Balaban J connectivity index is 1.90. The zero-order valence-electron chi connectivity index (χ0n) is 11.2. The van der Waals surface area contributed by atoms with Gasteiger partial charge in [-0.1, -0.05) is 6.07 Å². The number of rotatable bonds is 4. The molecule has 0 unspecified atom stereocenters. The number of carbonyl (C=O) groups is 2. The lowest BCUT2D eigenvalue weighted by Gasteiger charge is -2.30. The molecule has 1 saturated heterocycles. The highest BCUT2D eigenvalue weighted by molar-refractivity contribution is 5.78. The Kier molecular flexibility index (Phi) is 4.55. The Morgan fingerprint density at radius 1 is 1.35 bits per heavy atom. The van der Waals surface area contributed by atoms with Crippen LogP contribution in [-0.2, 0) is 16.1 Å². The highest BCUT2D eigenvalue weighted by Crippen LogP contribution is 2.17. The van der Waals surface area contributed by atoms with Gasteiger partial charge in [-0.3, -0.25) is 14.4 Å². The average Bonchev–Trinajstić information content (AvgIpc) is 2.46. The summed E-state index contributed by atoms with van der Waals surface area (Å²) in [5, 5.41) is 9.00. The van der Waals surface area contributed by atoms with Crippen LogP contribution >= 0.6 is 0 Å². The van der Waals surface area contributed by atoms with Gasteiger partial charge in [0.25, 0.3) is 5.56 Å². The number of nitrogens with zero attached hydrogens (tertiary/aromatic N) is 2. The molecule has 2 heterocycles. The smallest absolute Gasteiger partial charge is 0.308 e. The van der Waals surface area contributed by atoms with Gasteiger partial charge in [0.1, 0.15) is 0 Å². The van der Waals surface area contributed by atoms with E-state index < -0.39 is 11.9 Å². The molecule has 1 aromatic rings. The Bertz CT molecular complexity index is 552. The molecule has 0 aromatic carbocycles. The average molecular weight is 278 g/mol. The van der Waals surface area contributed by atoms with Gasteiger partial charge in [0.15, 0.2) is 0 Å². The minimum atomic E-state index is -0.846. The fraction of sp³-hybridized carbons (Fsp3) is 0.500. The van der Waals surface area contributed by atoms with Gasteiger partial charge >= 0.3 is 5.97 Å². The number of aryl methyl sites for hydroxylation is 1. The summed E-state index contributed by atoms with van der Waals surface area (Å²) < 4.78 is 1.48. The summed E-state index contributed by atoms with van der Waals surface area (Å²) in [6, 6.07) is 4.85. The molecule has 1 atom stereocenters. The molecule has 1 aliphatic rings. The molecule has 1 aliphatic heterocycles. The van der Waals surface area contributed by atoms with Crippen LogP contribution in [0, 0.1) is 5.92 Å². The van der Waals surface area contributed by atoms with Gasteiger partial charge in [0, 0.05) is 38.3 Å². The number of carbonyl (C=O) groups excluding carboxylic acids is 1. The van der Waals surface area contributed by atoms with Gasteiger partial charge in [-0.25, -0.2) is 0 Å². The maximum Gasteiger partial charge on any atom is 0.308 e. The number of piperidine rings is 1. The van der Waals surface area contributed by atoms with Crippen molar-refractivity contribution in [3.05, 3.63) is 34.7 Å². The Hall–Kier alpha value is -2.11. The van der Waals surface area contributed by atoms with Gasteiger partial charge in [-0.15, -0.1) is 0 Å². The van der Waals surface area contributed by atoms with Crippen molar-refractivity contribution in [2.45, 2.75) is 25.8 Å². The van der Waals surface area contributed by atoms with Crippen molar-refractivity contribution in [1.29, 1.82) is 0 Å². The van der Waals surface area contributed by atoms with Crippen LogP contribution in [0.15, 0.2) is 29.2 Å². The number of carboxylic acids is 1. The highest BCUT2D eigenvalue weighted by Gasteiger charge is 2.27. The summed E-state index contributed by atoms with van der Waals surface area (Å²) in [6.07, 6.45) is 3.20. The first kappa shape index (κ1) is 14.3. The summed E-state index contributed by atoms with van der Waals surface area (Å²) in [5.41, 5.74) is -0.137. The highest BCUT2D eigenvalue weighted by atomic mass is 16.4. The molecule has 2 rings (SSSR count). The monoisotopic (exact) mass is 278 g/mol. The lowest BCUT2D eigenvalue weighted by atomic mass is 9.98. The predicted molar refractivity (Wildman–Crippen MR) is 72.3 cm³/mol. The molecule has 1 fully saturated rings. The van der Waals surface area contributed by atoms with Crippen molar-refractivity contribution < 1.29 is 14.7 Å². The fourth-order valence-corrected chi connectivity index (χ4v) is 2.42. The van der Waals surface area contributed by atoms with Crippen molar-refractivity contribution in [1.82, 2.24) is 9.47 Å². The third-order valence-electron chi connectivity index (χ3n) is 3.59. The van der Waals surface area contributed by atoms with E-state index >= 15 is 0 Å². The molecule has 6 nitrogen and oxygen atoms in total. The number of likely N-dealkylation sites (tertiary alicyclic amines) is 1. The largest absolute Gasteiger partial charge is 0.481 e. The molecule has 1 aromatic heterocycles. The second-order valence-corrected chi connectivity index (χ2v) is 5.00. The Labute approximate surface area is 116 Å². The lowest BCUT2D eigenvalue weighted by molar-refractivity contribution is -0.145. The Morgan fingerprint density at radius 2 is 2.15 bits per heavy atom. The van der Waals surface area contributed by atoms with Gasteiger partial charge in [0.05, 0.1) is 5.92 Å².